The van der Waals surface area contributed by atoms with Crippen LogP contribution in [0.2, 0.25) is 5.15 Å². The van der Waals surface area contributed by atoms with Crippen LogP contribution in [0.25, 0.3) is 0 Å². The molecule has 1 fully saturated rings. The molecular formula is C13H18ClN3O2. The van der Waals surface area contributed by atoms with E-state index in [1.54, 1.807) is 18.1 Å². The minimum absolute atomic E-state index is 0.146. The van der Waals surface area contributed by atoms with Crippen LogP contribution in [0, 0.1) is 0 Å². The topological polar surface area (TPSA) is 68.5 Å². The van der Waals surface area contributed by atoms with Crippen LogP contribution in [0.4, 0.5) is 5.69 Å². The van der Waals surface area contributed by atoms with Crippen LogP contribution < -0.4 is 5.73 Å². The number of anilines is 1. The van der Waals surface area contributed by atoms with Gasteiger partial charge < -0.3 is 15.4 Å². The van der Waals surface area contributed by atoms with Gasteiger partial charge in [-0.2, -0.15) is 0 Å². The van der Waals surface area contributed by atoms with Gasteiger partial charge >= 0.3 is 0 Å². The molecule has 1 aliphatic rings. The number of hydrogen-bond acceptors (Lipinski definition) is 4. The summed E-state index contributed by atoms with van der Waals surface area (Å²) >= 11 is 5.97. The number of methoxy groups -OCH3 is 1. The van der Waals surface area contributed by atoms with E-state index in [9.17, 15) is 4.79 Å². The van der Waals surface area contributed by atoms with Gasteiger partial charge in [-0.05, 0) is 25.8 Å². The van der Waals surface area contributed by atoms with Crippen LogP contribution in [0.3, 0.4) is 0 Å². The smallest absolute Gasteiger partial charge is 0.257 e. The third-order valence-corrected chi connectivity index (χ3v) is 3.83. The maximum atomic E-state index is 12.5. The largest absolute Gasteiger partial charge is 0.397 e. The number of nitrogen functional groups attached to an aromatic ring is 1. The Morgan fingerprint density at radius 3 is 3.05 bits per heavy atom. The fourth-order valence-electron chi connectivity index (χ4n) is 2.33. The highest BCUT2D eigenvalue weighted by Gasteiger charge is 2.34. The number of carbonyl (C=O) groups excluding carboxylic acids is 1. The molecule has 1 atom stereocenters. The van der Waals surface area contributed by atoms with E-state index in [1.165, 1.54) is 6.20 Å². The minimum atomic E-state index is -0.297. The molecule has 1 amide bonds. The number of likely N-dealkylation sites (tertiary alicyclic amines) is 1. The average Bonchev–Trinajstić information content (AvgIpc) is 2.41. The van der Waals surface area contributed by atoms with Gasteiger partial charge in [0.15, 0.2) is 0 Å². The summed E-state index contributed by atoms with van der Waals surface area (Å²) in [6.07, 6.45) is 3.29. The van der Waals surface area contributed by atoms with Crippen LogP contribution >= 0.6 is 11.6 Å². The van der Waals surface area contributed by atoms with Crippen molar-refractivity contribution in [2.45, 2.75) is 25.4 Å². The lowest BCUT2D eigenvalue weighted by atomic mass is 9.94. The molecule has 1 aromatic rings. The first-order valence-corrected chi connectivity index (χ1v) is 6.58. The number of amides is 1. The molecule has 1 saturated heterocycles. The van der Waals surface area contributed by atoms with E-state index in [0.717, 1.165) is 12.8 Å². The highest BCUT2D eigenvalue weighted by atomic mass is 35.5. The van der Waals surface area contributed by atoms with Crippen LogP contribution in [-0.2, 0) is 4.74 Å². The van der Waals surface area contributed by atoms with Crippen LogP contribution in [-0.4, -0.2) is 41.6 Å². The highest BCUT2D eigenvalue weighted by molar-refractivity contribution is 6.32. The normalized spacial score (nSPS) is 23.4. The first kappa shape index (κ1) is 14.1. The molecule has 5 nitrogen and oxygen atoms in total. The van der Waals surface area contributed by atoms with Crippen LogP contribution in [0.1, 0.15) is 30.1 Å². The SMILES string of the molecule is COC1(C)CCCN(C(=O)c2cc(N)cnc2Cl)C1. The summed E-state index contributed by atoms with van der Waals surface area (Å²) in [4.78, 5) is 18.1. The summed E-state index contributed by atoms with van der Waals surface area (Å²) < 4.78 is 5.48. The Morgan fingerprint density at radius 1 is 1.63 bits per heavy atom. The van der Waals surface area contributed by atoms with Crippen molar-refractivity contribution < 1.29 is 9.53 Å². The summed E-state index contributed by atoms with van der Waals surface area (Å²) in [5.74, 6) is -0.146. The molecule has 2 rings (SSSR count). The van der Waals surface area contributed by atoms with Crippen molar-refractivity contribution in [2.24, 2.45) is 0 Å². The number of pyridine rings is 1. The molecule has 1 unspecified atom stereocenters. The highest BCUT2D eigenvalue weighted by Crippen LogP contribution is 2.26. The first-order valence-electron chi connectivity index (χ1n) is 6.21. The second-order valence-electron chi connectivity index (χ2n) is 5.09. The second-order valence-corrected chi connectivity index (χ2v) is 5.45. The van der Waals surface area contributed by atoms with Gasteiger partial charge in [0, 0.05) is 20.2 Å². The Bertz CT molecular complexity index is 495. The summed E-state index contributed by atoms with van der Waals surface area (Å²) in [7, 11) is 1.67. The summed E-state index contributed by atoms with van der Waals surface area (Å²) in [6.45, 7) is 3.25. The molecule has 0 bridgehead atoms. The zero-order valence-electron chi connectivity index (χ0n) is 11.1. The zero-order valence-corrected chi connectivity index (χ0v) is 11.9. The maximum absolute atomic E-state index is 12.5. The maximum Gasteiger partial charge on any atom is 0.257 e. The molecule has 0 saturated carbocycles. The van der Waals surface area contributed by atoms with E-state index >= 15 is 0 Å². The lowest BCUT2D eigenvalue weighted by Gasteiger charge is -2.39. The van der Waals surface area contributed by atoms with Crippen molar-refractivity contribution >= 4 is 23.2 Å². The third-order valence-electron chi connectivity index (χ3n) is 3.53. The van der Waals surface area contributed by atoms with E-state index in [0.29, 0.717) is 24.3 Å². The fourth-order valence-corrected chi connectivity index (χ4v) is 2.51. The minimum Gasteiger partial charge on any atom is -0.397 e. The Kier molecular flexibility index (Phi) is 3.96. The van der Waals surface area contributed by atoms with Gasteiger partial charge in [-0.15, -0.1) is 0 Å². The molecule has 104 valence electrons. The van der Waals surface area contributed by atoms with Crippen molar-refractivity contribution in [3.8, 4) is 0 Å². The average molecular weight is 284 g/mol. The number of hydrogen-bond donors (Lipinski definition) is 1. The summed E-state index contributed by atoms with van der Waals surface area (Å²) in [6, 6.07) is 1.57. The molecule has 1 aromatic heterocycles. The fraction of sp³-hybridized carbons (Fsp3) is 0.538. The molecule has 0 aliphatic carbocycles. The Morgan fingerprint density at radius 2 is 2.37 bits per heavy atom. The van der Waals surface area contributed by atoms with Crippen molar-refractivity contribution in [1.29, 1.82) is 0 Å². The lowest BCUT2D eigenvalue weighted by Crippen LogP contribution is -2.49. The predicted octanol–water partition coefficient (Wildman–Crippen LogP) is 1.96. The standard InChI is InChI=1S/C13H18ClN3O2/c1-13(19-2)4-3-5-17(8-13)12(18)10-6-9(15)7-16-11(10)14/h6-7H,3-5,8,15H2,1-2H3. The molecule has 1 aliphatic heterocycles. The first-order chi connectivity index (χ1) is 8.95. The van der Waals surface area contributed by atoms with Crippen molar-refractivity contribution in [1.82, 2.24) is 9.88 Å². The van der Waals surface area contributed by atoms with Gasteiger partial charge in [-0.3, -0.25) is 4.79 Å². The van der Waals surface area contributed by atoms with Crippen LogP contribution in [0.5, 0.6) is 0 Å². The Hall–Kier alpha value is -1.33. The second kappa shape index (κ2) is 5.35. The van der Waals surface area contributed by atoms with Crippen molar-refractivity contribution in [2.75, 3.05) is 25.9 Å². The number of halogens is 1. The molecule has 0 aromatic carbocycles. The van der Waals surface area contributed by atoms with Gasteiger partial charge in [-0.25, -0.2) is 4.98 Å². The van der Waals surface area contributed by atoms with Crippen molar-refractivity contribution in [3.05, 3.63) is 23.0 Å². The van der Waals surface area contributed by atoms with E-state index in [-0.39, 0.29) is 16.7 Å². The lowest BCUT2D eigenvalue weighted by molar-refractivity contribution is -0.0440. The zero-order chi connectivity index (χ0) is 14.0. The van der Waals surface area contributed by atoms with E-state index in [1.807, 2.05) is 6.92 Å². The number of piperidine rings is 1. The van der Waals surface area contributed by atoms with E-state index < -0.39 is 0 Å². The van der Waals surface area contributed by atoms with Gasteiger partial charge in [0.2, 0.25) is 0 Å². The number of carbonyl (C=O) groups is 1. The molecule has 0 radical (unpaired) electrons. The number of nitrogens with zero attached hydrogens (tertiary/aromatic N) is 2. The molecule has 6 heteroatoms. The van der Waals surface area contributed by atoms with Crippen molar-refractivity contribution in [3.63, 3.8) is 0 Å². The third kappa shape index (κ3) is 2.98. The number of ether oxygens (including phenoxy) is 1. The van der Waals surface area contributed by atoms with Gasteiger partial charge in [-0.1, -0.05) is 11.6 Å². The summed E-state index contributed by atoms with van der Waals surface area (Å²) in [5, 5.41) is 0.184. The predicted molar refractivity (Wildman–Crippen MR) is 74.2 cm³/mol. The molecule has 0 spiro atoms. The Balaban J connectivity index is 2.22. The van der Waals surface area contributed by atoms with Gasteiger partial charge in [0.05, 0.1) is 23.0 Å². The quantitative estimate of drug-likeness (QED) is 0.843. The molecule has 2 N–H and O–H groups in total. The van der Waals surface area contributed by atoms with Gasteiger partial charge in [0.1, 0.15) is 5.15 Å². The van der Waals surface area contributed by atoms with E-state index in [4.69, 9.17) is 22.1 Å². The van der Waals surface area contributed by atoms with Crippen LogP contribution in [0.15, 0.2) is 12.3 Å². The number of rotatable bonds is 2. The number of nitrogens with two attached hydrogens (primary N) is 1. The Labute approximate surface area is 117 Å². The molecule has 19 heavy (non-hydrogen) atoms. The van der Waals surface area contributed by atoms with E-state index in [2.05, 4.69) is 4.98 Å². The van der Waals surface area contributed by atoms with Gasteiger partial charge in [0.25, 0.3) is 5.91 Å². The molecule has 2 heterocycles. The summed E-state index contributed by atoms with van der Waals surface area (Å²) in [5.41, 5.74) is 6.14. The molecular weight excluding hydrogens is 266 g/mol. The number of aromatic nitrogens is 1. The monoisotopic (exact) mass is 283 g/mol.